The number of nitrogens with zero attached hydrogens (tertiary/aromatic N) is 1. The van der Waals surface area contributed by atoms with Crippen LogP contribution in [-0.2, 0) is 32.5 Å². The Morgan fingerprint density at radius 1 is 1.15 bits per heavy atom. The average Bonchev–Trinajstić information content (AvgIpc) is 2.94. The molecule has 40 heavy (non-hydrogen) atoms. The predicted octanol–water partition coefficient (Wildman–Crippen LogP) is 2.95. The van der Waals surface area contributed by atoms with Crippen molar-refractivity contribution in [3.05, 3.63) is 89.5 Å². The summed E-state index contributed by atoms with van der Waals surface area (Å²) in [5, 5.41) is 15.7. The Kier molecular flexibility index (Phi) is 9.84. The van der Waals surface area contributed by atoms with E-state index in [0.29, 0.717) is 44.9 Å². The zero-order chi connectivity index (χ0) is 28.5. The van der Waals surface area contributed by atoms with Gasteiger partial charge in [0.05, 0.1) is 0 Å². The summed E-state index contributed by atoms with van der Waals surface area (Å²) in [4.78, 5) is 28.3. The van der Waals surface area contributed by atoms with Gasteiger partial charge in [-0.1, -0.05) is 24.3 Å². The molecule has 1 aromatic heterocycles. The van der Waals surface area contributed by atoms with Crippen molar-refractivity contribution >= 4 is 22.3 Å². The van der Waals surface area contributed by atoms with Crippen LogP contribution in [0.15, 0.2) is 71.9 Å². The number of nitrogens with one attached hydrogen (secondary N) is 3. The highest BCUT2D eigenvalue weighted by Gasteiger charge is 2.32. The Balaban J connectivity index is 1.36. The number of fused-ring (bicyclic) bond motifs is 1. The maximum Gasteiger partial charge on any atom is 0.243 e. The summed E-state index contributed by atoms with van der Waals surface area (Å²) in [5.74, 6) is -0.997. The molecule has 0 fully saturated rings. The second kappa shape index (κ2) is 13.5. The zero-order valence-corrected chi connectivity index (χ0v) is 22.7. The van der Waals surface area contributed by atoms with Crippen LogP contribution in [0.1, 0.15) is 48.3 Å². The summed E-state index contributed by atoms with van der Waals surface area (Å²) in [6.07, 6.45) is 7.12. The molecule has 4 rings (SSSR count). The summed E-state index contributed by atoms with van der Waals surface area (Å²) in [7, 11) is -3.99. The molecule has 0 spiro atoms. The SMILES string of the molecule is O=CNC(CCCCNS(=O)(=O)c1ccccc1F)C(=O)NC1CCc2cc(O)ccc2C1Cc1cccnc1. The van der Waals surface area contributed by atoms with Gasteiger partial charge in [0.15, 0.2) is 0 Å². The van der Waals surface area contributed by atoms with E-state index < -0.39 is 26.8 Å². The van der Waals surface area contributed by atoms with E-state index in [9.17, 15) is 27.5 Å². The summed E-state index contributed by atoms with van der Waals surface area (Å²) >= 11 is 0. The van der Waals surface area contributed by atoms with Crippen molar-refractivity contribution in [1.82, 2.24) is 20.3 Å². The van der Waals surface area contributed by atoms with E-state index in [1.165, 1.54) is 18.2 Å². The summed E-state index contributed by atoms with van der Waals surface area (Å²) in [5.41, 5.74) is 3.12. The standard InChI is InChI=1S/C29H33FN4O5S/c30-25-7-1-2-9-28(25)40(38,39)33-15-4-3-8-27(32-19-35)29(37)34-26-13-10-21-17-22(36)11-12-23(21)24(26)16-20-6-5-14-31-18-20/h1-2,5-7,9,11-12,14,17-19,24,26-27,33,36H,3-4,8,10,13,15-16H2,(H,32,35)(H,34,37). The van der Waals surface area contributed by atoms with Crippen molar-refractivity contribution in [3.8, 4) is 5.75 Å². The minimum Gasteiger partial charge on any atom is -0.508 e. The van der Waals surface area contributed by atoms with Crippen molar-refractivity contribution in [2.24, 2.45) is 0 Å². The average molecular weight is 569 g/mol. The fourth-order valence-electron chi connectivity index (χ4n) is 5.17. The van der Waals surface area contributed by atoms with Crippen LogP contribution < -0.4 is 15.4 Å². The first-order valence-electron chi connectivity index (χ1n) is 13.2. The number of aryl methyl sites for hydroxylation is 1. The number of phenols is 1. The molecule has 1 aliphatic rings. The number of carbonyl (C=O) groups is 2. The molecule has 0 bridgehead atoms. The third kappa shape index (κ3) is 7.42. The van der Waals surface area contributed by atoms with Gasteiger partial charge in [0.2, 0.25) is 22.3 Å². The van der Waals surface area contributed by atoms with Crippen LogP contribution in [-0.4, -0.2) is 49.5 Å². The highest BCUT2D eigenvalue weighted by atomic mass is 32.2. The number of benzene rings is 2. The van der Waals surface area contributed by atoms with Crippen molar-refractivity contribution in [2.75, 3.05) is 6.54 Å². The summed E-state index contributed by atoms with van der Waals surface area (Å²) in [6, 6.07) is 13.3. The maximum atomic E-state index is 13.9. The molecule has 3 aromatic rings. The number of hydrogen-bond donors (Lipinski definition) is 4. The van der Waals surface area contributed by atoms with Gasteiger partial charge in [-0.15, -0.1) is 0 Å². The Bertz CT molecular complexity index is 1420. The zero-order valence-electron chi connectivity index (χ0n) is 21.9. The second-order valence-electron chi connectivity index (χ2n) is 9.87. The number of amides is 2. The molecule has 212 valence electrons. The fourth-order valence-corrected chi connectivity index (χ4v) is 6.32. The normalized spacial score (nSPS) is 17.4. The fraction of sp³-hybridized carbons (Fsp3) is 0.345. The van der Waals surface area contributed by atoms with Gasteiger partial charge in [0, 0.05) is 30.9 Å². The molecule has 11 heteroatoms. The van der Waals surface area contributed by atoms with Crippen LogP contribution in [0, 0.1) is 5.82 Å². The van der Waals surface area contributed by atoms with E-state index in [-0.39, 0.29) is 30.2 Å². The topological polar surface area (TPSA) is 137 Å². The lowest BCUT2D eigenvalue weighted by molar-refractivity contribution is -0.126. The summed E-state index contributed by atoms with van der Waals surface area (Å²) in [6.45, 7) is 0.0610. The number of sulfonamides is 1. The van der Waals surface area contributed by atoms with Crippen LogP contribution >= 0.6 is 0 Å². The molecular weight excluding hydrogens is 535 g/mol. The molecule has 4 N–H and O–H groups in total. The van der Waals surface area contributed by atoms with Gasteiger partial charge in [-0.25, -0.2) is 17.5 Å². The highest BCUT2D eigenvalue weighted by molar-refractivity contribution is 7.89. The lowest BCUT2D eigenvalue weighted by Gasteiger charge is -2.35. The quantitative estimate of drug-likeness (QED) is 0.185. The van der Waals surface area contributed by atoms with Gasteiger partial charge in [0.25, 0.3) is 0 Å². The Morgan fingerprint density at radius 2 is 1.98 bits per heavy atom. The Morgan fingerprint density at radius 3 is 2.73 bits per heavy atom. The molecule has 2 aromatic carbocycles. The minimum atomic E-state index is -3.99. The third-order valence-electron chi connectivity index (χ3n) is 7.17. The number of unbranched alkanes of at least 4 members (excludes halogenated alkanes) is 1. The molecular formula is C29H33FN4O5S. The van der Waals surface area contributed by atoms with Gasteiger partial charge in [-0.2, -0.15) is 0 Å². The lowest BCUT2D eigenvalue weighted by Crippen LogP contribution is -2.50. The molecule has 1 heterocycles. The number of rotatable bonds is 13. The van der Waals surface area contributed by atoms with Crippen LogP contribution in [0.5, 0.6) is 5.75 Å². The molecule has 3 unspecified atom stereocenters. The molecule has 1 aliphatic carbocycles. The second-order valence-corrected chi connectivity index (χ2v) is 11.6. The highest BCUT2D eigenvalue weighted by Crippen LogP contribution is 2.36. The van der Waals surface area contributed by atoms with E-state index in [2.05, 4.69) is 20.3 Å². The lowest BCUT2D eigenvalue weighted by atomic mass is 9.76. The number of phenolic OH excluding ortho intramolecular Hbond substituents is 1. The smallest absolute Gasteiger partial charge is 0.243 e. The number of pyridine rings is 1. The number of aromatic nitrogens is 1. The van der Waals surface area contributed by atoms with E-state index >= 15 is 0 Å². The van der Waals surface area contributed by atoms with Crippen molar-refractivity contribution in [3.63, 3.8) is 0 Å². The number of carbonyl (C=O) groups excluding carboxylic acids is 2. The maximum absolute atomic E-state index is 13.9. The van der Waals surface area contributed by atoms with Crippen molar-refractivity contribution in [1.29, 1.82) is 0 Å². The number of hydrogen-bond acceptors (Lipinski definition) is 6. The van der Waals surface area contributed by atoms with Gasteiger partial charge in [-0.05, 0) is 85.5 Å². The van der Waals surface area contributed by atoms with Gasteiger partial charge in [-0.3, -0.25) is 14.6 Å². The predicted molar refractivity (Wildman–Crippen MR) is 147 cm³/mol. The minimum absolute atomic E-state index is 0.0535. The molecule has 0 saturated carbocycles. The third-order valence-corrected chi connectivity index (χ3v) is 8.66. The van der Waals surface area contributed by atoms with Gasteiger partial charge in [0.1, 0.15) is 22.5 Å². The van der Waals surface area contributed by atoms with Gasteiger partial charge >= 0.3 is 0 Å². The van der Waals surface area contributed by atoms with Crippen LogP contribution in [0.2, 0.25) is 0 Å². The first kappa shape index (κ1) is 29.2. The molecule has 3 atom stereocenters. The molecule has 9 nitrogen and oxygen atoms in total. The first-order valence-corrected chi connectivity index (χ1v) is 14.7. The van der Waals surface area contributed by atoms with Crippen molar-refractivity contribution in [2.45, 2.75) is 61.4 Å². The Hall–Kier alpha value is -3.83. The first-order chi connectivity index (χ1) is 19.3. The van der Waals surface area contributed by atoms with E-state index in [4.69, 9.17) is 0 Å². The number of aromatic hydroxyl groups is 1. The Labute approximate surface area is 233 Å². The molecule has 0 aliphatic heterocycles. The van der Waals surface area contributed by atoms with Crippen LogP contribution in [0.25, 0.3) is 0 Å². The van der Waals surface area contributed by atoms with Crippen molar-refractivity contribution < 1.29 is 27.5 Å². The van der Waals surface area contributed by atoms with E-state index in [0.717, 1.165) is 22.8 Å². The van der Waals surface area contributed by atoms with Gasteiger partial charge < -0.3 is 15.7 Å². The van der Waals surface area contributed by atoms with Crippen LogP contribution in [0.4, 0.5) is 4.39 Å². The monoisotopic (exact) mass is 568 g/mol. The van der Waals surface area contributed by atoms with E-state index in [1.807, 2.05) is 18.2 Å². The van der Waals surface area contributed by atoms with E-state index in [1.54, 1.807) is 24.5 Å². The molecule has 0 radical (unpaired) electrons. The largest absolute Gasteiger partial charge is 0.508 e. The number of halogens is 1. The molecule has 2 amide bonds. The summed E-state index contributed by atoms with van der Waals surface area (Å²) < 4.78 is 41.0. The molecule has 0 saturated heterocycles. The van der Waals surface area contributed by atoms with Crippen LogP contribution in [0.3, 0.4) is 0 Å².